The molecule has 0 radical (unpaired) electrons. The Labute approximate surface area is 184 Å². The lowest BCUT2D eigenvalue weighted by Gasteiger charge is -2.32. The van der Waals surface area contributed by atoms with Gasteiger partial charge < -0.3 is 10.6 Å². The minimum Gasteiger partial charge on any atom is -0.389 e. The number of piperidine rings is 1. The Morgan fingerprint density at radius 1 is 1.13 bits per heavy atom. The summed E-state index contributed by atoms with van der Waals surface area (Å²) >= 11 is 2.79. The van der Waals surface area contributed by atoms with Gasteiger partial charge in [0.2, 0.25) is 5.91 Å². The number of carbonyl (C=O) groups excluding carboxylic acids is 1. The molecule has 1 aromatic heterocycles. The van der Waals surface area contributed by atoms with Gasteiger partial charge in [-0.3, -0.25) is 4.79 Å². The third-order valence-electron chi connectivity index (χ3n) is 5.40. The summed E-state index contributed by atoms with van der Waals surface area (Å²) in [5.74, 6) is 0.857. The average molecular weight is 442 g/mol. The zero-order valence-corrected chi connectivity index (χ0v) is 18.2. The molecule has 0 unspecified atom stereocenters. The second-order valence-electron chi connectivity index (χ2n) is 7.50. The Morgan fingerprint density at radius 3 is 2.53 bits per heavy atom. The van der Waals surface area contributed by atoms with Crippen LogP contribution in [0.2, 0.25) is 0 Å². The van der Waals surface area contributed by atoms with Crippen LogP contribution in [0.25, 0.3) is 11.3 Å². The molecule has 2 N–H and O–H groups in total. The summed E-state index contributed by atoms with van der Waals surface area (Å²) in [7, 11) is 0. The summed E-state index contributed by atoms with van der Waals surface area (Å²) in [6, 6.07) is 16.7. The summed E-state index contributed by atoms with van der Waals surface area (Å²) in [6.07, 6.45) is 3.18. The molecule has 0 spiro atoms. The Balaban J connectivity index is 1.27. The third-order valence-corrected chi connectivity index (χ3v) is 7.42. The summed E-state index contributed by atoms with van der Waals surface area (Å²) in [5, 5.41) is 0.582. The molecule has 7 heteroatoms. The molecule has 0 aliphatic carbocycles. The molecule has 2 heterocycles. The van der Waals surface area contributed by atoms with E-state index < -0.39 is 0 Å². The monoisotopic (exact) mass is 441 g/mol. The van der Waals surface area contributed by atoms with E-state index in [0.717, 1.165) is 42.3 Å². The minimum absolute atomic E-state index is 0.148. The van der Waals surface area contributed by atoms with E-state index in [9.17, 15) is 9.18 Å². The van der Waals surface area contributed by atoms with Crippen molar-refractivity contribution in [3.05, 3.63) is 66.0 Å². The van der Waals surface area contributed by atoms with Crippen LogP contribution in [0.1, 0.15) is 18.4 Å². The maximum atomic E-state index is 13.1. The maximum Gasteiger partial charge on any atom is 0.233 e. The van der Waals surface area contributed by atoms with E-state index in [1.165, 1.54) is 40.8 Å². The van der Waals surface area contributed by atoms with Crippen LogP contribution in [0.15, 0.2) is 58.9 Å². The number of nitrogens with zero attached hydrogens (tertiary/aromatic N) is 2. The van der Waals surface area contributed by atoms with Crippen LogP contribution in [0.4, 0.5) is 9.39 Å². The van der Waals surface area contributed by atoms with Crippen LogP contribution in [-0.4, -0.2) is 34.6 Å². The molecule has 1 aliphatic rings. The van der Waals surface area contributed by atoms with Crippen molar-refractivity contribution in [1.82, 2.24) is 9.88 Å². The largest absolute Gasteiger partial charge is 0.389 e. The number of hydrogen-bond acceptors (Lipinski definition) is 5. The number of nitrogen functional groups attached to an aromatic ring is 1. The number of likely N-dealkylation sites (tertiary alicyclic amines) is 1. The van der Waals surface area contributed by atoms with Gasteiger partial charge in [-0.25, -0.2) is 9.37 Å². The van der Waals surface area contributed by atoms with E-state index in [4.69, 9.17) is 5.73 Å². The molecule has 4 rings (SSSR count). The highest BCUT2D eigenvalue weighted by molar-refractivity contribution is 8.01. The van der Waals surface area contributed by atoms with Crippen molar-refractivity contribution < 1.29 is 9.18 Å². The van der Waals surface area contributed by atoms with Gasteiger partial charge in [0.1, 0.15) is 16.5 Å². The van der Waals surface area contributed by atoms with Crippen LogP contribution >= 0.6 is 23.1 Å². The Kier molecular flexibility index (Phi) is 6.69. The van der Waals surface area contributed by atoms with Crippen LogP contribution < -0.4 is 5.73 Å². The fraction of sp³-hybridized carbons (Fsp3) is 0.304. The van der Waals surface area contributed by atoms with Crippen LogP contribution in [0.3, 0.4) is 0 Å². The lowest BCUT2D eigenvalue weighted by Crippen LogP contribution is -2.39. The minimum atomic E-state index is -0.291. The first-order valence-corrected chi connectivity index (χ1v) is 11.9. The lowest BCUT2D eigenvalue weighted by atomic mass is 9.90. The molecule has 3 aromatic rings. The molecule has 1 aliphatic heterocycles. The highest BCUT2D eigenvalue weighted by Crippen LogP contribution is 2.35. The first kappa shape index (κ1) is 20.9. The van der Waals surface area contributed by atoms with Gasteiger partial charge in [-0.05, 0) is 55.0 Å². The molecule has 30 heavy (non-hydrogen) atoms. The van der Waals surface area contributed by atoms with E-state index in [1.54, 1.807) is 12.1 Å². The second-order valence-corrected chi connectivity index (χ2v) is 9.76. The molecular weight excluding hydrogens is 417 g/mol. The summed E-state index contributed by atoms with van der Waals surface area (Å²) in [5.41, 5.74) is 8.90. The van der Waals surface area contributed by atoms with Crippen LogP contribution in [0.5, 0.6) is 0 Å². The summed E-state index contributed by atoms with van der Waals surface area (Å²) in [6.45, 7) is 1.63. The Morgan fingerprint density at radius 2 is 1.83 bits per heavy atom. The standard InChI is InChI=1S/C23H24FN3OS2/c24-19-8-6-18(7-9-19)21-22(25)30-23(26-21)29-15-20(28)27-12-10-17(11-13-27)14-16-4-2-1-3-5-16/h1-9,17H,10-15,25H2. The lowest BCUT2D eigenvalue weighted by molar-refractivity contribution is -0.129. The first-order chi connectivity index (χ1) is 14.6. The molecule has 1 amide bonds. The van der Waals surface area contributed by atoms with E-state index in [0.29, 0.717) is 22.4 Å². The maximum absolute atomic E-state index is 13.1. The SMILES string of the molecule is Nc1sc(SCC(=O)N2CCC(Cc3ccccc3)CC2)nc1-c1ccc(F)cc1. The number of amides is 1. The number of aromatic nitrogens is 1. The van der Waals surface area contributed by atoms with Gasteiger partial charge in [-0.1, -0.05) is 53.4 Å². The predicted molar refractivity (Wildman–Crippen MR) is 122 cm³/mol. The number of rotatable bonds is 6. The van der Waals surface area contributed by atoms with Crippen molar-refractivity contribution in [1.29, 1.82) is 0 Å². The number of anilines is 1. The molecule has 1 saturated heterocycles. The molecule has 0 atom stereocenters. The topological polar surface area (TPSA) is 59.2 Å². The molecule has 156 valence electrons. The first-order valence-electron chi connectivity index (χ1n) is 10.1. The summed E-state index contributed by atoms with van der Waals surface area (Å²) < 4.78 is 13.9. The smallest absolute Gasteiger partial charge is 0.233 e. The normalized spacial score (nSPS) is 14.8. The number of nitrogens with two attached hydrogens (primary N) is 1. The predicted octanol–water partition coefficient (Wildman–Crippen LogP) is 5.10. The number of carbonyl (C=O) groups is 1. The van der Waals surface area contributed by atoms with Crippen molar-refractivity contribution >= 4 is 34.0 Å². The number of thioether (sulfide) groups is 1. The quantitative estimate of drug-likeness (QED) is 0.541. The van der Waals surface area contributed by atoms with Crippen molar-refractivity contribution in [2.75, 3.05) is 24.6 Å². The number of thiazole rings is 1. The Hall–Kier alpha value is -2.38. The van der Waals surface area contributed by atoms with Crippen LogP contribution in [-0.2, 0) is 11.2 Å². The highest BCUT2D eigenvalue weighted by Gasteiger charge is 2.23. The fourth-order valence-electron chi connectivity index (χ4n) is 3.74. The Bertz CT molecular complexity index is 983. The molecule has 2 aromatic carbocycles. The molecular formula is C23H24FN3OS2. The number of benzene rings is 2. The van der Waals surface area contributed by atoms with Gasteiger partial charge in [-0.2, -0.15) is 0 Å². The van der Waals surface area contributed by atoms with Crippen LogP contribution in [0, 0.1) is 11.7 Å². The zero-order chi connectivity index (χ0) is 20.9. The van der Waals surface area contributed by atoms with E-state index in [-0.39, 0.29) is 11.7 Å². The molecule has 1 fully saturated rings. The zero-order valence-electron chi connectivity index (χ0n) is 16.6. The number of hydrogen-bond donors (Lipinski definition) is 1. The van der Waals surface area contributed by atoms with E-state index in [2.05, 4.69) is 29.2 Å². The highest BCUT2D eigenvalue weighted by atomic mass is 32.2. The second kappa shape index (κ2) is 9.62. The van der Waals surface area contributed by atoms with Crippen molar-refractivity contribution in [3.8, 4) is 11.3 Å². The molecule has 0 saturated carbocycles. The van der Waals surface area contributed by atoms with E-state index in [1.807, 2.05) is 11.0 Å². The van der Waals surface area contributed by atoms with Crippen molar-refractivity contribution in [2.24, 2.45) is 5.92 Å². The van der Waals surface area contributed by atoms with Crippen molar-refractivity contribution in [2.45, 2.75) is 23.6 Å². The molecule has 0 bridgehead atoms. The van der Waals surface area contributed by atoms with Gasteiger partial charge in [0.15, 0.2) is 4.34 Å². The fourth-order valence-corrected chi connectivity index (χ4v) is 5.59. The van der Waals surface area contributed by atoms with Gasteiger partial charge in [0.05, 0.1) is 5.75 Å². The summed E-state index contributed by atoms with van der Waals surface area (Å²) in [4.78, 5) is 19.2. The van der Waals surface area contributed by atoms with Gasteiger partial charge in [0, 0.05) is 18.7 Å². The number of halogens is 1. The van der Waals surface area contributed by atoms with Crippen molar-refractivity contribution in [3.63, 3.8) is 0 Å². The van der Waals surface area contributed by atoms with Gasteiger partial charge in [-0.15, -0.1) is 0 Å². The van der Waals surface area contributed by atoms with Gasteiger partial charge >= 0.3 is 0 Å². The van der Waals surface area contributed by atoms with Gasteiger partial charge in [0.25, 0.3) is 0 Å². The molecule has 4 nitrogen and oxygen atoms in total. The average Bonchev–Trinajstić information content (AvgIpc) is 3.14. The van der Waals surface area contributed by atoms with E-state index >= 15 is 0 Å². The third kappa shape index (κ3) is 5.21.